The van der Waals surface area contributed by atoms with E-state index in [2.05, 4.69) is 9.97 Å². The highest BCUT2D eigenvalue weighted by Crippen LogP contribution is 2.36. The van der Waals surface area contributed by atoms with E-state index >= 15 is 0 Å². The number of hydrogen-bond donors (Lipinski definition) is 0. The average Bonchev–Trinajstić information content (AvgIpc) is 2.83. The second-order valence-electron chi connectivity index (χ2n) is 4.47. The number of hydrogen-bond acceptors (Lipinski definition) is 5. The molecule has 1 aromatic heterocycles. The highest BCUT2D eigenvalue weighted by molar-refractivity contribution is 5.05. The van der Waals surface area contributed by atoms with Gasteiger partial charge in [-0.05, 0) is 12.8 Å². The molecule has 1 saturated heterocycles. The van der Waals surface area contributed by atoms with E-state index in [1.807, 2.05) is 0 Å². The van der Waals surface area contributed by atoms with Crippen LogP contribution in [0.1, 0.15) is 25.7 Å². The summed E-state index contributed by atoms with van der Waals surface area (Å²) in [5, 5.41) is 0. The normalized spacial score (nSPS) is 24.0. The number of rotatable bonds is 2. The zero-order valence-corrected chi connectivity index (χ0v) is 9.67. The second-order valence-corrected chi connectivity index (χ2v) is 4.47. The molecule has 0 atom stereocenters. The van der Waals surface area contributed by atoms with Gasteiger partial charge in [-0.25, -0.2) is 9.97 Å². The quantitative estimate of drug-likeness (QED) is 0.779. The van der Waals surface area contributed by atoms with Crippen molar-refractivity contribution < 1.29 is 14.2 Å². The van der Waals surface area contributed by atoms with Crippen LogP contribution in [-0.4, -0.2) is 35.1 Å². The minimum atomic E-state index is -0.314. The van der Waals surface area contributed by atoms with Crippen LogP contribution >= 0.6 is 0 Å². The summed E-state index contributed by atoms with van der Waals surface area (Å²) in [4.78, 5) is 7.93. The van der Waals surface area contributed by atoms with E-state index in [4.69, 9.17) is 14.2 Å². The molecule has 1 aromatic rings. The Morgan fingerprint density at radius 3 is 2.65 bits per heavy atom. The SMILES string of the molecule is c1cc(OC2CCC3(CC2)OCCO3)ncn1. The van der Waals surface area contributed by atoms with E-state index in [9.17, 15) is 0 Å². The Bertz CT molecular complexity index is 355. The average molecular weight is 236 g/mol. The summed E-state index contributed by atoms with van der Waals surface area (Å²) >= 11 is 0. The molecule has 5 nitrogen and oxygen atoms in total. The fourth-order valence-corrected chi connectivity index (χ4v) is 2.45. The lowest BCUT2D eigenvalue weighted by atomic mass is 9.92. The highest BCUT2D eigenvalue weighted by atomic mass is 16.7. The van der Waals surface area contributed by atoms with Gasteiger partial charge in [0.2, 0.25) is 5.88 Å². The van der Waals surface area contributed by atoms with Crippen molar-refractivity contribution in [2.75, 3.05) is 13.2 Å². The smallest absolute Gasteiger partial charge is 0.216 e. The number of nitrogens with zero attached hydrogens (tertiary/aromatic N) is 2. The molecule has 0 bridgehead atoms. The minimum Gasteiger partial charge on any atom is -0.474 e. The Hall–Kier alpha value is -1.20. The van der Waals surface area contributed by atoms with Crippen LogP contribution in [0.25, 0.3) is 0 Å². The predicted octanol–water partition coefficient (Wildman–Crippen LogP) is 1.54. The molecule has 2 fully saturated rings. The first-order chi connectivity index (χ1) is 8.36. The molecule has 0 N–H and O–H groups in total. The first kappa shape index (κ1) is 10.9. The summed E-state index contributed by atoms with van der Waals surface area (Å²) in [6.45, 7) is 1.44. The summed E-state index contributed by atoms with van der Waals surface area (Å²) in [6, 6.07) is 1.78. The molecule has 2 heterocycles. The van der Waals surface area contributed by atoms with Crippen LogP contribution in [0.2, 0.25) is 0 Å². The van der Waals surface area contributed by atoms with Crippen LogP contribution in [0.5, 0.6) is 5.88 Å². The first-order valence-electron chi connectivity index (χ1n) is 6.07. The van der Waals surface area contributed by atoms with Crippen LogP contribution in [0.3, 0.4) is 0 Å². The van der Waals surface area contributed by atoms with Crippen molar-refractivity contribution in [1.82, 2.24) is 9.97 Å². The highest BCUT2D eigenvalue weighted by Gasteiger charge is 2.40. The van der Waals surface area contributed by atoms with Gasteiger partial charge in [-0.3, -0.25) is 0 Å². The Morgan fingerprint density at radius 1 is 1.24 bits per heavy atom. The fourth-order valence-electron chi connectivity index (χ4n) is 2.45. The van der Waals surface area contributed by atoms with Gasteiger partial charge in [-0.1, -0.05) is 0 Å². The monoisotopic (exact) mass is 236 g/mol. The van der Waals surface area contributed by atoms with Crippen molar-refractivity contribution in [3.8, 4) is 5.88 Å². The van der Waals surface area contributed by atoms with Crippen molar-refractivity contribution in [3.05, 3.63) is 18.6 Å². The molecule has 1 spiro atoms. The Kier molecular flexibility index (Phi) is 2.94. The lowest BCUT2D eigenvalue weighted by Crippen LogP contribution is -2.38. The zero-order valence-electron chi connectivity index (χ0n) is 9.67. The van der Waals surface area contributed by atoms with Gasteiger partial charge in [-0.15, -0.1) is 0 Å². The second kappa shape index (κ2) is 4.58. The molecule has 0 unspecified atom stereocenters. The molecule has 1 aliphatic carbocycles. The van der Waals surface area contributed by atoms with Gasteiger partial charge < -0.3 is 14.2 Å². The molecule has 0 radical (unpaired) electrons. The van der Waals surface area contributed by atoms with Gasteiger partial charge in [0.25, 0.3) is 0 Å². The van der Waals surface area contributed by atoms with E-state index in [1.165, 1.54) is 6.33 Å². The van der Waals surface area contributed by atoms with E-state index in [1.54, 1.807) is 12.3 Å². The molecular formula is C12H16N2O3. The van der Waals surface area contributed by atoms with Crippen LogP contribution < -0.4 is 4.74 Å². The van der Waals surface area contributed by atoms with Crippen molar-refractivity contribution in [2.45, 2.75) is 37.6 Å². The van der Waals surface area contributed by atoms with Crippen LogP contribution in [0.4, 0.5) is 0 Å². The fraction of sp³-hybridized carbons (Fsp3) is 0.667. The molecule has 1 saturated carbocycles. The molecule has 0 amide bonds. The third-order valence-corrected chi connectivity index (χ3v) is 3.35. The third-order valence-electron chi connectivity index (χ3n) is 3.35. The van der Waals surface area contributed by atoms with E-state index in [0.717, 1.165) is 38.9 Å². The Morgan fingerprint density at radius 2 is 2.00 bits per heavy atom. The molecule has 1 aliphatic heterocycles. The van der Waals surface area contributed by atoms with Crippen molar-refractivity contribution >= 4 is 0 Å². The van der Waals surface area contributed by atoms with E-state index in [0.29, 0.717) is 5.88 Å². The topological polar surface area (TPSA) is 53.5 Å². The minimum absolute atomic E-state index is 0.211. The lowest BCUT2D eigenvalue weighted by Gasteiger charge is -2.35. The summed E-state index contributed by atoms with van der Waals surface area (Å²) in [5.41, 5.74) is 0. The molecule has 17 heavy (non-hydrogen) atoms. The molecule has 5 heteroatoms. The van der Waals surface area contributed by atoms with Crippen molar-refractivity contribution in [2.24, 2.45) is 0 Å². The largest absolute Gasteiger partial charge is 0.474 e. The Labute approximate surface area is 100 Å². The molecule has 3 rings (SSSR count). The number of ether oxygens (including phenoxy) is 3. The van der Waals surface area contributed by atoms with E-state index < -0.39 is 0 Å². The molecular weight excluding hydrogens is 220 g/mol. The molecule has 92 valence electrons. The predicted molar refractivity (Wildman–Crippen MR) is 59.6 cm³/mol. The van der Waals surface area contributed by atoms with Gasteiger partial charge in [0, 0.05) is 25.1 Å². The van der Waals surface area contributed by atoms with Crippen LogP contribution in [0.15, 0.2) is 18.6 Å². The van der Waals surface area contributed by atoms with Gasteiger partial charge in [0.05, 0.1) is 13.2 Å². The maximum atomic E-state index is 5.80. The maximum absolute atomic E-state index is 5.80. The van der Waals surface area contributed by atoms with Crippen molar-refractivity contribution in [3.63, 3.8) is 0 Å². The number of aromatic nitrogens is 2. The van der Waals surface area contributed by atoms with Crippen LogP contribution in [-0.2, 0) is 9.47 Å². The van der Waals surface area contributed by atoms with Gasteiger partial charge >= 0.3 is 0 Å². The standard InChI is InChI=1S/C12H16N2O3/c1-4-12(15-7-8-16-12)5-2-10(1)17-11-3-6-13-9-14-11/h3,6,9-10H,1-2,4-5,7-8H2. The Balaban J connectivity index is 1.55. The summed E-state index contributed by atoms with van der Waals surface area (Å²) in [5.74, 6) is 0.333. The first-order valence-corrected chi connectivity index (χ1v) is 6.07. The third kappa shape index (κ3) is 2.40. The maximum Gasteiger partial charge on any atom is 0.216 e. The zero-order chi connectivity index (χ0) is 11.6. The van der Waals surface area contributed by atoms with E-state index in [-0.39, 0.29) is 11.9 Å². The lowest BCUT2D eigenvalue weighted by molar-refractivity contribution is -0.186. The van der Waals surface area contributed by atoms with Gasteiger partial charge in [0.15, 0.2) is 5.79 Å². The molecule has 2 aliphatic rings. The summed E-state index contributed by atoms with van der Waals surface area (Å²) < 4.78 is 17.1. The summed E-state index contributed by atoms with van der Waals surface area (Å²) in [7, 11) is 0. The van der Waals surface area contributed by atoms with Crippen molar-refractivity contribution in [1.29, 1.82) is 0 Å². The van der Waals surface area contributed by atoms with Crippen LogP contribution in [0, 0.1) is 0 Å². The van der Waals surface area contributed by atoms with Gasteiger partial charge in [-0.2, -0.15) is 0 Å². The molecule has 0 aromatic carbocycles. The van der Waals surface area contributed by atoms with Gasteiger partial charge in [0.1, 0.15) is 12.4 Å². The summed E-state index contributed by atoms with van der Waals surface area (Å²) in [6.07, 6.45) is 7.11.